The fraction of sp³-hybridized carbons (Fsp3) is 0.500. The van der Waals surface area contributed by atoms with Gasteiger partial charge in [-0.3, -0.25) is 14.3 Å². The summed E-state index contributed by atoms with van der Waals surface area (Å²) in [6.07, 6.45) is 1.63. The van der Waals surface area contributed by atoms with Gasteiger partial charge in [0, 0.05) is 30.7 Å². The van der Waals surface area contributed by atoms with Crippen molar-refractivity contribution in [3.8, 4) is 5.69 Å². The van der Waals surface area contributed by atoms with E-state index in [4.69, 9.17) is 16.3 Å². The molecule has 27 heavy (non-hydrogen) atoms. The molecule has 0 spiro atoms. The fourth-order valence-corrected chi connectivity index (χ4v) is 3.76. The summed E-state index contributed by atoms with van der Waals surface area (Å²) in [5, 5.41) is 12.4. The SMILES string of the molecule is Cc1ccc(-n2cnnc2SCC(=O)NCC(C)N2CCOCC2)cc1Cl. The second-order valence-electron chi connectivity index (χ2n) is 6.51. The Morgan fingerprint density at radius 2 is 2.19 bits per heavy atom. The first-order valence-electron chi connectivity index (χ1n) is 8.92. The van der Waals surface area contributed by atoms with Crippen LogP contribution in [-0.4, -0.2) is 70.2 Å². The van der Waals surface area contributed by atoms with Crippen LogP contribution in [0.2, 0.25) is 5.02 Å². The van der Waals surface area contributed by atoms with Gasteiger partial charge < -0.3 is 10.1 Å². The van der Waals surface area contributed by atoms with Crippen LogP contribution >= 0.6 is 23.4 Å². The predicted octanol–water partition coefficient (Wildman–Crippen LogP) is 2.16. The first-order chi connectivity index (χ1) is 13.0. The van der Waals surface area contributed by atoms with Crippen LogP contribution in [-0.2, 0) is 9.53 Å². The molecule has 2 heterocycles. The van der Waals surface area contributed by atoms with Gasteiger partial charge in [0.25, 0.3) is 0 Å². The Labute approximate surface area is 168 Å². The fourth-order valence-electron chi connectivity index (χ4n) is 2.82. The van der Waals surface area contributed by atoms with Gasteiger partial charge in [-0.15, -0.1) is 10.2 Å². The number of amides is 1. The van der Waals surface area contributed by atoms with E-state index in [1.165, 1.54) is 11.8 Å². The maximum Gasteiger partial charge on any atom is 0.230 e. The van der Waals surface area contributed by atoms with Crippen molar-refractivity contribution in [2.24, 2.45) is 0 Å². The summed E-state index contributed by atoms with van der Waals surface area (Å²) in [5.41, 5.74) is 1.89. The molecule has 1 aromatic carbocycles. The minimum atomic E-state index is -0.0170. The summed E-state index contributed by atoms with van der Waals surface area (Å²) in [6, 6.07) is 6.07. The Morgan fingerprint density at radius 3 is 2.93 bits per heavy atom. The number of hydrogen-bond acceptors (Lipinski definition) is 6. The number of aryl methyl sites for hydroxylation is 1. The maximum absolute atomic E-state index is 12.2. The van der Waals surface area contributed by atoms with Crippen LogP contribution in [0.5, 0.6) is 0 Å². The topological polar surface area (TPSA) is 72.3 Å². The molecule has 1 N–H and O–H groups in total. The predicted molar refractivity (Wildman–Crippen MR) is 107 cm³/mol. The van der Waals surface area contributed by atoms with Crippen molar-refractivity contribution in [1.29, 1.82) is 0 Å². The van der Waals surface area contributed by atoms with E-state index in [2.05, 4.69) is 27.3 Å². The van der Waals surface area contributed by atoms with Gasteiger partial charge in [-0.2, -0.15) is 0 Å². The number of ether oxygens (including phenoxy) is 1. The summed E-state index contributed by atoms with van der Waals surface area (Å²) in [7, 11) is 0. The zero-order valence-electron chi connectivity index (χ0n) is 15.5. The number of aromatic nitrogens is 3. The Hall–Kier alpha value is -1.61. The lowest BCUT2D eigenvalue weighted by Gasteiger charge is -2.32. The van der Waals surface area contributed by atoms with E-state index in [0.29, 0.717) is 22.8 Å². The maximum atomic E-state index is 12.2. The third kappa shape index (κ3) is 5.44. The van der Waals surface area contributed by atoms with Crippen molar-refractivity contribution >= 4 is 29.3 Å². The molecule has 9 heteroatoms. The van der Waals surface area contributed by atoms with Crippen molar-refractivity contribution in [3.63, 3.8) is 0 Å². The molecule has 146 valence electrons. The highest BCUT2D eigenvalue weighted by atomic mass is 35.5. The number of morpholine rings is 1. The molecule has 1 aliphatic heterocycles. The van der Waals surface area contributed by atoms with Crippen molar-refractivity contribution in [1.82, 2.24) is 25.0 Å². The Kier molecular flexibility index (Phi) is 7.12. The minimum absolute atomic E-state index is 0.0170. The van der Waals surface area contributed by atoms with Crippen molar-refractivity contribution in [2.75, 3.05) is 38.6 Å². The molecule has 1 aliphatic rings. The molecule has 1 amide bonds. The number of benzene rings is 1. The van der Waals surface area contributed by atoms with Crippen LogP contribution in [0.1, 0.15) is 12.5 Å². The van der Waals surface area contributed by atoms with Crippen LogP contribution < -0.4 is 5.32 Å². The first-order valence-corrected chi connectivity index (χ1v) is 10.3. The lowest BCUT2D eigenvalue weighted by Crippen LogP contribution is -2.47. The highest BCUT2D eigenvalue weighted by Gasteiger charge is 2.18. The smallest absolute Gasteiger partial charge is 0.230 e. The van der Waals surface area contributed by atoms with Crippen LogP contribution in [0.15, 0.2) is 29.7 Å². The van der Waals surface area contributed by atoms with Gasteiger partial charge in [0.1, 0.15) is 6.33 Å². The summed E-state index contributed by atoms with van der Waals surface area (Å²) >= 11 is 7.56. The van der Waals surface area contributed by atoms with Crippen LogP contribution in [0.25, 0.3) is 5.69 Å². The van der Waals surface area contributed by atoms with E-state index in [-0.39, 0.29) is 11.7 Å². The third-order valence-corrected chi connectivity index (χ3v) is 5.90. The van der Waals surface area contributed by atoms with Crippen LogP contribution in [0.4, 0.5) is 0 Å². The molecule has 1 unspecified atom stereocenters. The number of rotatable bonds is 7. The van der Waals surface area contributed by atoms with Crippen LogP contribution in [0.3, 0.4) is 0 Å². The van der Waals surface area contributed by atoms with E-state index in [9.17, 15) is 4.79 Å². The first kappa shape index (κ1) is 20.1. The van der Waals surface area contributed by atoms with E-state index < -0.39 is 0 Å². The summed E-state index contributed by atoms with van der Waals surface area (Å²) in [5.74, 6) is 0.269. The lowest BCUT2D eigenvalue weighted by molar-refractivity contribution is -0.118. The molecule has 0 bridgehead atoms. The number of carbonyl (C=O) groups is 1. The molecule has 1 atom stereocenters. The van der Waals surface area contributed by atoms with E-state index in [0.717, 1.165) is 37.6 Å². The molecule has 2 aromatic rings. The molecular formula is C18H24ClN5O2S. The summed E-state index contributed by atoms with van der Waals surface area (Å²) < 4.78 is 7.19. The summed E-state index contributed by atoms with van der Waals surface area (Å²) in [4.78, 5) is 14.5. The normalized spacial score (nSPS) is 16.3. The van der Waals surface area contributed by atoms with Crippen LogP contribution in [0, 0.1) is 6.92 Å². The molecule has 1 aromatic heterocycles. The van der Waals surface area contributed by atoms with Crippen molar-refractivity contribution in [3.05, 3.63) is 35.1 Å². The molecule has 1 saturated heterocycles. The lowest BCUT2D eigenvalue weighted by atomic mass is 10.2. The van der Waals surface area contributed by atoms with Gasteiger partial charge in [0.05, 0.1) is 24.7 Å². The zero-order valence-corrected chi connectivity index (χ0v) is 17.1. The Bertz CT molecular complexity index is 779. The number of nitrogens with zero attached hydrogens (tertiary/aromatic N) is 4. The quantitative estimate of drug-likeness (QED) is 0.706. The van der Waals surface area contributed by atoms with E-state index in [1.54, 1.807) is 6.33 Å². The number of halogens is 1. The minimum Gasteiger partial charge on any atom is -0.379 e. The number of thioether (sulfide) groups is 1. The molecule has 0 aliphatic carbocycles. The molecular weight excluding hydrogens is 386 g/mol. The molecule has 0 radical (unpaired) electrons. The average molecular weight is 410 g/mol. The largest absolute Gasteiger partial charge is 0.379 e. The number of carbonyl (C=O) groups excluding carboxylic acids is 1. The van der Waals surface area contributed by atoms with Gasteiger partial charge in [-0.25, -0.2) is 0 Å². The number of nitrogens with one attached hydrogen (secondary N) is 1. The Morgan fingerprint density at radius 1 is 1.41 bits per heavy atom. The van der Waals surface area contributed by atoms with E-state index >= 15 is 0 Å². The average Bonchev–Trinajstić information content (AvgIpc) is 3.16. The second-order valence-corrected chi connectivity index (χ2v) is 7.86. The van der Waals surface area contributed by atoms with Gasteiger partial charge in [0.2, 0.25) is 5.91 Å². The Balaban J connectivity index is 1.50. The van der Waals surface area contributed by atoms with E-state index in [1.807, 2.05) is 29.7 Å². The zero-order chi connectivity index (χ0) is 19.2. The monoisotopic (exact) mass is 409 g/mol. The standard InChI is InChI=1S/C18H24ClN5O2S/c1-13-3-4-15(9-16(13)19)24-12-21-22-18(24)27-11-17(25)20-10-14(2)23-5-7-26-8-6-23/h3-4,9,12,14H,5-8,10-11H2,1-2H3,(H,20,25). The molecule has 0 saturated carbocycles. The van der Waals surface area contributed by atoms with Gasteiger partial charge in [-0.05, 0) is 31.5 Å². The molecule has 1 fully saturated rings. The third-order valence-electron chi connectivity index (χ3n) is 4.55. The van der Waals surface area contributed by atoms with Gasteiger partial charge in [0.15, 0.2) is 5.16 Å². The van der Waals surface area contributed by atoms with Gasteiger partial charge >= 0.3 is 0 Å². The van der Waals surface area contributed by atoms with Crippen molar-refractivity contribution in [2.45, 2.75) is 25.0 Å². The van der Waals surface area contributed by atoms with Gasteiger partial charge in [-0.1, -0.05) is 29.4 Å². The number of hydrogen-bond donors (Lipinski definition) is 1. The van der Waals surface area contributed by atoms with Crippen molar-refractivity contribution < 1.29 is 9.53 Å². The molecule has 3 rings (SSSR count). The molecule has 7 nitrogen and oxygen atoms in total. The second kappa shape index (κ2) is 9.54. The highest BCUT2D eigenvalue weighted by molar-refractivity contribution is 7.99. The summed E-state index contributed by atoms with van der Waals surface area (Å²) in [6.45, 7) is 8.04. The highest BCUT2D eigenvalue weighted by Crippen LogP contribution is 2.23.